The summed E-state index contributed by atoms with van der Waals surface area (Å²) >= 11 is 0. The van der Waals surface area contributed by atoms with E-state index in [1.165, 1.54) is 19.3 Å². The SMILES string of the molecule is CC1CN(C(C)(C)CNC(=O)C2CC3CCCC(C2)C3N)CC(C)O1.Cl.Cl. The van der Waals surface area contributed by atoms with Crippen molar-refractivity contribution < 1.29 is 9.53 Å². The van der Waals surface area contributed by atoms with E-state index in [1.54, 1.807) is 0 Å². The van der Waals surface area contributed by atoms with E-state index in [-0.39, 0.29) is 54.4 Å². The fourth-order valence-corrected chi connectivity index (χ4v) is 5.23. The monoisotopic (exact) mass is 423 g/mol. The maximum absolute atomic E-state index is 12.8. The zero-order valence-corrected chi connectivity index (χ0v) is 18.9. The number of fused-ring (bicyclic) bond motifs is 2. The molecular formula is C20H39Cl2N3O2. The Kier molecular flexibility index (Phi) is 9.35. The predicted octanol–water partition coefficient (Wildman–Crippen LogP) is 2.99. The number of ether oxygens (including phenoxy) is 1. The quantitative estimate of drug-likeness (QED) is 0.728. The third kappa shape index (κ3) is 5.96. The van der Waals surface area contributed by atoms with E-state index >= 15 is 0 Å². The van der Waals surface area contributed by atoms with Crippen LogP contribution in [0.3, 0.4) is 0 Å². The molecule has 4 unspecified atom stereocenters. The van der Waals surface area contributed by atoms with Crippen LogP contribution in [0, 0.1) is 17.8 Å². The van der Waals surface area contributed by atoms with E-state index in [1.807, 2.05) is 0 Å². The number of carbonyl (C=O) groups excluding carboxylic acids is 1. The van der Waals surface area contributed by atoms with E-state index in [9.17, 15) is 4.79 Å². The number of morpholine rings is 1. The molecule has 27 heavy (non-hydrogen) atoms. The molecule has 4 atom stereocenters. The lowest BCUT2D eigenvalue weighted by Gasteiger charge is -2.46. The van der Waals surface area contributed by atoms with E-state index in [2.05, 4.69) is 37.9 Å². The number of hydrogen-bond donors (Lipinski definition) is 2. The van der Waals surface area contributed by atoms with Crippen molar-refractivity contribution in [1.29, 1.82) is 0 Å². The summed E-state index contributed by atoms with van der Waals surface area (Å²) in [5.41, 5.74) is 6.31. The van der Waals surface area contributed by atoms with Gasteiger partial charge in [0.2, 0.25) is 5.91 Å². The van der Waals surface area contributed by atoms with Gasteiger partial charge in [-0.15, -0.1) is 24.8 Å². The Morgan fingerprint density at radius 2 is 1.63 bits per heavy atom. The van der Waals surface area contributed by atoms with E-state index < -0.39 is 0 Å². The van der Waals surface area contributed by atoms with Gasteiger partial charge in [-0.05, 0) is 65.2 Å². The fraction of sp³-hybridized carbons (Fsp3) is 0.950. The second-order valence-electron chi connectivity index (χ2n) is 9.39. The molecule has 0 spiro atoms. The number of nitrogens with zero attached hydrogens (tertiary/aromatic N) is 1. The molecule has 1 saturated heterocycles. The molecule has 0 aromatic heterocycles. The molecule has 2 bridgehead atoms. The van der Waals surface area contributed by atoms with Crippen molar-refractivity contribution in [3.05, 3.63) is 0 Å². The van der Waals surface area contributed by atoms with Gasteiger partial charge in [0, 0.05) is 37.1 Å². The Labute approximate surface area is 177 Å². The number of nitrogens with one attached hydrogen (secondary N) is 1. The Morgan fingerprint density at radius 1 is 1.11 bits per heavy atom. The molecule has 3 aliphatic rings. The van der Waals surface area contributed by atoms with Gasteiger partial charge in [0.15, 0.2) is 0 Å². The standard InChI is InChI=1S/C20H37N3O2.2ClH/c1-13-10-23(11-14(2)25-13)20(3,4)12-22-19(24)17-8-15-6-5-7-16(9-17)18(15)21;;/h13-18H,5-12,21H2,1-4H3,(H,22,24);2*1H. The van der Waals surface area contributed by atoms with Gasteiger partial charge in [-0.1, -0.05) is 6.42 Å². The van der Waals surface area contributed by atoms with Crippen molar-refractivity contribution in [2.45, 2.75) is 83.6 Å². The van der Waals surface area contributed by atoms with Crippen LogP contribution in [0.5, 0.6) is 0 Å². The fourth-order valence-electron chi connectivity index (χ4n) is 5.23. The normalized spacial score (nSPS) is 36.9. The summed E-state index contributed by atoms with van der Waals surface area (Å²) in [5.74, 6) is 1.51. The highest BCUT2D eigenvalue weighted by Crippen LogP contribution is 2.41. The first-order chi connectivity index (χ1) is 11.8. The van der Waals surface area contributed by atoms with Gasteiger partial charge >= 0.3 is 0 Å². The molecule has 1 aliphatic heterocycles. The van der Waals surface area contributed by atoms with Crippen LogP contribution in [0.4, 0.5) is 0 Å². The van der Waals surface area contributed by atoms with Crippen LogP contribution in [0.25, 0.3) is 0 Å². The predicted molar refractivity (Wildman–Crippen MR) is 115 cm³/mol. The largest absolute Gasteiger partial charge is 0.373 e. The average Bonchev–Trinajstić information content (AvgIpc) is 2.51. The molecule has 5 nitrogen and oxygen atoms in total. The molecule has 1 heterocycles. The molecule has 0 aromatic rings. The minimum absolute atomic E-state index is 0. The van der Waals surface area contributed by atoms with Crippen molar-refractivity contribution in [2.24, 2.45) is 23.5 Å². The number of hydrogen-bond acceptors (Lipinski definition) is 4. The Hall–Kier alpha value is -0.0700. The highest BCUT2D eigenvalue weighted by molar-refractivity contribution is 5.85. The second kappa shape index (κ2) is 10.1. The second-order valence-corrected chi connectivity index (χ2v) is 9.39. The highest BCUT2D eigenvalue weighted by atomic mass is 35.5. The smallest absolute Gasteiger partial charge is 0.223 e. The van der Waals surface area contributed by atoms with Crippen molar-refractivity contribution in [2.75, 3.05) is 19.6 Å². The molecule has 2 saturated carbocycles. The zero-order chi connectivity index (χ0) is 18.2. The van der Waals surface area contributed by atoms with Crippen LogP contribution in [-0.2, 0) is 9.53 Å². The van der Waals surface area contributed by atoms with Crippen LogP contribution in [0.15, 0.2) is 0 Å². The van der Waals surface area contributed by atoms with Gasteiger partial charge in [0.1, 0.15) is 0 Å². The van der Waals surface area contributed by atoms with Crippen LogP contribution in [0.1, 0.15) is 59.8 Å². The van der Waals surface area contributed by atoms with E-state index in [4.69, 9.17) is 10.5 Å². The minimum Gasteiger partial charge on any atom is -0.373 e. The lowest BCUT2D eigenvalue weighted by atomic mass is 9.65. The van der Waals surface area contributed by atoms with Crippen LogP contribution in [0.2, 0.25) is 0 Å². The summed E-state index contributed by atoms with van der Waals surface area (Å²) in [4.78, 5) is 15.3. The first kappa shape index (κ1) is 25.0. The number of nitrogens with two attached hydrogens (primary N) is 1. The van der Waals surface area contributed by atoms with Gasteiger partial charge < -0.3 is 15.8 Å². The Morgan fingerprint density at radius 3 is 2.15 bits per heavy atom. The van der Waals surface area contributed by atoms with Gasteiger partial charge in [0.05, 0.1) is 12.2 Å². The lowest BCUT2D eigenvalue weighted by molar-refractivity contribution is -0.129. The number of halogens is 2. The van der Waals surface area contributed by atoms with Crippen molar-refractivity contribution in [3.8, 4) is 0 Å². The van der Waals surface area contributed by atoms with E-state index in [0.717, 1.165) is 25.9 Å². The summed E-state index contributed by atoms with van der Waals surface area (Å²) in [6.07, 6.45) is 6.16. The summed E-state index contributed by atoms with van der Waals surface area (Å²) < 4.78 is 5.84. The zero-order valence-electron chi connectivity index (χ0n) is 17.3. The summed E-state index contributed by atoms with van der Waals surface area (Å²) in [6.45, 7) is 11.3. The van der Waals surface area contributed by atoms with Gasteiger partial charge in [-0.2, -0.15) is 0 Å². The molecular weight excluding hydrogens is 385 g/mol. The molecule has 0 aromatic carbocycles. The third-order valence-electron chi connectivity index (χ3n) is 6.75. The minimum atomic E-state index is -0.0527. The van der Waals surface area contributed by atoms with Gasteiger partial charge in [-0.25, -0.2) is 0 Å². The summed E-state index contributed by atoms with van der Waals surface area (Å²) in [6, 6.07) is 0.325. The van der Waals surface area contributed by atoms with Crippen molar-refractivity contribution in [3.63, 3.8) is 0 Å². The number of amides is 1. The number of carbonyl (C=O) groups is 1. The van der Waals surface area contributed by atoms with Gasteiger partial charge in [-0.3, -0.25) is 9.69 Å². The first-order valence-corrected chi connectivity index (χ1v) is 10.2. The highest BCUT2D eigenvalue weighted by Gasteiger charge is 2.41. The molecule has 160 valence electrons. The molecule has 3 fully saturated rings. The summed E-state index contributed by atoms with van der Waals surface area (Å²) in [7, 11) is 0. The van der Waals surface area contributed by atoms with Crippen LogP contribution >= 0.6 is 24.8 Å². The van der Waals surface area contributed by atoms with E-state index in [0.29, 0.717) is 24.4 Å². The summed E-state index contributed by atoms with van der Waals surface area (Å²) in [5, 5.41) is 3.26. The van der Waals surface area contributed by atoms with Crippen LogP contribution in [-0.4, -0.2) is 54.2 Å². The van der Waals surface area contributed by atoms with Crippen molar-refractivity contribution in [1.82, 2.24) is 10.2 Å². The molecule has 3 rings (SSSR count). The molecule has 1 amide bonds. The first-order valence-electron chi connectivity index (χ1n) is 10.2. The van der Waals surface area contributed by atoms with Crippen LogP contribution < -0.4 is 11.1 Å². The molecule has 3 N–H and O–H groups in total. The maximum Gasteiger partial charge on any atom is 0.223 e. The topological polar surface area (TPSA) is 67.6 Å². The third-order valence-corrected chi connectivity index (χ3v) is 6.75. The number of rotatable bonds is 4. The Balaban J connectivity index is 0.00000182. The maximum atomic E-state index is 12.8. The van der Waals surface area contributed by atoms with Crippen molar-refractivity contribution >= 4 is 30.7 Å². The lowest BCUT2D eigenvalue weighted by Crippen LogP contribution is -2.59. The molecule has 2 aliphatic carbocycles. The molecule has 7 heteroatoms. The average molecular weight is 424 g/mol. The Bertz CT molecular complexity index is 468. The van der Waals surface area contributed by atoms with Gasteiger partial charge in [0.25, 0.3) is 0 Å². The molecule has 0 radical (unpaired) electrons.